The second kappa shape index (κ2) is 10.1. The zero-order valence-electron chi connectivity index (χ0n) is 16.9. The smallest absolute Gasteiger partial charge is 0.0641 e. The highest BCUT2D eigenvalue weighted by Crippen LogP contribution is 2.24. The van der Waals surface area contributed by atoms with E-state index in [0.29, 0.717) is 0 Å². The lowest BCUT2D eigenvalue weighted by Gasteiger charge is -2.24. The van der Waals surface area contributed by atoms with Gasteiger partial charge in [0.1, 0.15) is 0 Å². The molecule has 2 aromatic rings. The predicted molar refractivity (Wildman–Crippen MR) is 114 cm³/mol. The van der Waals surface area contributed by atoms with Crippen LogP contribution < -0.4 is 15.1 Å². The van der Waals surface area contributed by atoms with Crippen molar-refractivity contribution in [3.05, 3.63) is 53.6 Å². The zero-order chi connectivity index (χ0) is 18.9. The van der Waals surface area contributed by atoms with E-state index in [2.05, 4.69) is 71.4 Å². The number of rotatable bonds is 3. The molecular formula is C22H33N3O. The normalized spacial score (nSPS) is 14.1. The molecule has 1 aliphatic rings. The minimum Gasteiger partial charge on any atom is -0.388 e. The Morgan fingerprint density at radius 3 is 2.31 bits per heavy atom. The van der Waals surface area contributed by atoms with E-state index in [-0.39, 0.29) is 0 Å². The van der Waals surface area contributed by atoms with Crippen molar-refractivity contribution in [2.24, 2.45) is 0 Å². The Bertz CT molecular complexity index is 660. The lowest BCUT2D eigenvalue weighted by atomic mass is 10.1. The lowest BCUT2D eigenvalue weighted by molar-refractivity contribution is 0.152. The Hall–Kier alpha value is -2.20. The van der Waals surface area contributed by atoms with Gasteiger partial charge in [0.05, 0.1) is 6.61 Å². The average molecular weight is 356 g/mol. The number of benzene rings is 2. The summed E-state index contributed by atoms with van der Waals surface area (Å²) in [6.45, 7) is 8.10. The van der Waals surface area contributed by atoms with Gasteiger partial charge in [-0.1, -0.05) is 17.7 Å². The number of nitrogens with zero attached hydrogens (tertiary/aromatic N) is 2. The molecule has 4 heteroatoms. The molecule has 1 N–H and O–H groups in total. The summed E-state index contributed by atoms with van der Waals surface area (Å²) in [6, 6.07) is 15.0. The van der Waals surface area contributed by atoms with Crippen molar-refractivity contribution in [3.8, 4) is 0 Å². The van der Waals surface area contributed by atoms with Crippen LogP contribution in [0.25, 0.3) is 0 Å². The summed E-state index contributed by atoms with van der Waals surface area (Å²) in [5, 5.41) is 3.17. The van der Waals surface area contributed by atoms with Crippen molar-refractivity contribution >= 4 is 17.1 Å². The number of aryl methyl sites for hydroxylation is 2. The standard InChI is InChI=1S/C13H20N2O.C9H13N/c1-11-10-12(14-2)4-5-13(11)15-6-3-8-16-9-7-15;1-8-4-6-9(7-5-8)10(2)3/h4-5,10,14H,3,6-9H2,1-2H3;4-7H,1-3H3. The maximum Gasteiger partial charge on any atom is 0.0641 e. The molecule has 0 bridgehead atoms. The highest BCUT2D eigenvalue weighted by molar-refractivity contribution is 5.60. The Labute approximate surface area is 158 Å². The van der Waals surface area contributed by atoms with Crippen molar-refractivity contribution in [1.82, 2.24) is 0 Å². The van der Waals surface area contributed by atoms with Gasteiger partial charge in [0.25, 0.3) is 0 Å². The third-order valence-corrected chi connectivity index (χ3v) is 4.60. The van der Waals surface area contributed by atoms with Crippen LogP contribution >= 0.6 is 0 Å². The summed E-state index contributed by atoms with van der Waals surface area (Å²) in [5.74, 6) is 0. The molecule has 26 heavy (non-hydrogen) atoms. The van der Waals surface area contributed by atoms with Gasteiger partial charge >= 0.3 is 0 Å². The van der Waals surface area contributed by atoms with E-state index in [0.717, 1.165) is 32.7 Å². The molecule has 1 aliphatic heterocycles. The van der Waals surface area contributed by atoms with Crippen molar-refractivity contribution in [2.75, 3.05) is 62.6 Å². The molecule has 1 saturated heterocycles. The Morgan fingerprint density at radius 1 is 0.962 bits per heavy atom. The van der Waals surface area contributed by atoms with Gasteiger partial charge in [-0.05, 0) is 56.2 Å². The van der Waals surface area contributed by atoms with E-state index in [1.165, 1.54) is 28.2 Å². The molecular weight excluding hydrogens is 322 g/mol. The fourth-order valence-electron chi connectivity index (χ4n) is 3.00. The van der Waals surface area contributed by atoms with Gasteiger partial charge in [-0.2, -0.15) is 0 Å². The van der Waals surface area contributed by atoms with Gasteiger partial charge in [0.2, 0.25) is 0 Å². The van der Waals surface area contributed by atoms with Gasteiger partial charge in [0.15, 0.2) is 0 Å². The summed E-state index contributed by atoms with van der Waals surface area (Å²) in [6.07, 6.45) is 1.12. The number of anilines is 3. The minimum absolute atomic E-state index is 0.840. The van der Waals surface area contributed by atoms with Crippen LogP contribution in [0.3, 0.4) is 0 Å². The maximum absolute atomic E-state index is 5.48. The Balaban J connectivity index is 0.000000209. The predicted octanol–water partition coefficient (Wildman–Crippen LogP) is 4.32. The molecule has 4 nitrogen and oxygen atoms in total. The first-order valence-electron chi connectivity index (χ1n) is 9.36. The molecule has 0 amide bonds. The number of nitrogens with one attached hydrogen (secondary N) is 1. The van der Waals surface area contributed by atoms with Crippen LogP contribution in [0.15, 0.2) is 42.5 Å². The first kappa shape index (κ1) is 20.1. The minimum atomic E-state index is 0.840. The van der Waals surface area contributed by atoms with E-state index in [4.69, 9.17) is 4.74 Å². The zero-order valence-corrected chi connectivity index (χ0v) is 16.9. The second-order valence-corrected chi connectivity index (χ2v) is 6.93. The van der Waals surface area contributed by atoms with Crippen molar-refractivity contribution in [3.63, 3.8) is 0 Å². The summed E-state index contributed by atoms with van der Waals surface area (Å²) < 4.78 is 5.48. The summed E-state index contributed by atoms with van der Waals surface area (Å²) in [4.78, 5) is 4.52. The van der Waals surface area contributed by atoms with Crippen LogP contribution in [0.2, 0.25) is 0 Å². The number of hydrogen-bond acceptors (Lipinski definition) is 4. The van der Waals surface area contributed by atoms with Crippen LogP contribution in [-0.4, -0.2) is 47.4 Å². The molecule has 3 rings (SSSR count). The molecule has 0 unspecified atom stereocenters. The quantitative estimate of drug-likeness (QED) is 0.887. The molecule has 0 radical (unpaired) electrons. The number of ether oxygens (including phenoxy) is 1. The van der Waals surface area contributed by atoms with Gasteiger partial charge < -0.3 is 19.9 Å². The molecule has 142 valence electrons. The fourth-order valence-corrected chi connectivity index (χ4v) is 3.00. The third-order valence-electron chi connectivity index (χ3n) is 4.60. The highest BCUT2D eigenvalue weighted by Gasteiger charge is 2.11. The van der Waals surface area contributed by atoms with Gasteiger partial charge in [0, 0.05) is 57.9 Å². The molecule has 0 spiro atoms. The molecule has 2 aromatic carbocycles. The van der Waals surface area contributed by atoms with Crippen LogP contribution in [0.5, 0.6) is 0 Å². The van der Waals surface area contributed by atoms with Gasteiger partial charge in [-0.15, -0.1) is 0 Å². The molecule has 1 fully saturated rings. The van der Waals surface area contributed by atoms with Crippen LogP contribution in [-0.2, 0) is 4.74 Å². The van der Waals surface area contributed by atoms with E-state index in [1.54, 1.807) is 0 Å². The monoisotopic (exact) mass is 355 g/mol. The first-order chi connectivity index (χ1) is 12.5. The Morgan fingerprint density at radius 2 is 1.69 bits per heavy atom. The lowest BCUT2D eigenvalue weighted by Crippen LogP contribution is -2.26. The summed E-state index contributed by atoms with van der Waals surface area (Å²) >= 11 is 0. The highest BCUT2D eigenvalue weighted by atomic mass is 16.5. The van der Waals surface area contributed by atoms with E-state index < -0.39 is 0 Å². The average Bonchev–Trinajstić information content (AvgIpc) is 2.92. The molecule has 0 aliphatic carbocycles. The second-order valence-electron chi connectivity index (χ2n) is 6.93. The summed E-state index contributed by atoms with van der Waals surface area (Å²) in [5.41, 5.74) is 6.40. The number of hydrogen-bond donors (Lipinski definition) is 1. The molecule has 0 atom stereocenters. The molecule has 0 saturated carbocycles. The van der Waals surface area contributed by atoms with E-state index >= 15 is 0 Å². The summed E-state index contributed by atoms with van der Waals surface area (Å²) in [7, 11) is 6.05. The Kier molecular flexibility index (Phi) is 7.79. The van der Waals surface area contributed by atoms with E-state index in [9.17, 15) is 0 Å². The van der Waals surface area contributed by atoms with Crippen molar-refractivity contribution in [1.29, 1.82) is 0 Å². The molecule has 1 heterocycles. The largest absolute Gasteiger partial charge is 0.388 e. The topological polar surface area (TPSA) is 27.7 Å². The van der Waals surface area contributed by atoms with Gasteiger partial charge in [-0.25, -0.2) is 0 Å². The molecule has 0 aromatic heterocycles. The maximum atomic E-state index is 5.48. The fraction of sp³-hybridized carbons (Fsp3) is 0.455. The van der Waals surface area contributed by atoms with Crippen molar-refractivity contribution < 1.29 is 4.74 Å². The van der Waals surface area contributed by atoms with Crippen LogP contribution in [0, 0.1) is 13.8 Å². The van der Waals surface area contributed by atoms with Crippen molar-refractivity contribution in [2.45, 2.75) is 20.3 Å². The van der Waals surface area contributed by atoms with Crippen LogP contribution in [0.4, 0.5) is 17.1 Å². The SMILES string of the molecule is CNc1ccc(N2CCCOCC2)c(C)c1.Cc1ccc(N(C)C)cc1. The third kappa shape index (κ3) is 5.95. The van der Waals surface area contributed by atoms with Crippen LogP contribution in [0.1, 0.15) is 17.5 Å². The van der Waals surface area contributed by atoms with Gasteiger partial charge in [-0.3, -0.25) is 0 Å². The first-order valence-corrected chi connectivity index (χ1v) is 9.36. The van der Waals surface area contributed by atoms with E-state index in [1.807, 2.05) is 21.1 Å².